The predicted octanol–water partition coefficient (Wildman–Crippen LogP) is -0.768. The van der Waals surface area contributed by atoms with Crippen molar-refractivity contribution in [3.63, 3.8) is 0 Å². The number of rotatable bonds is 0. The van der Waals surface area contributed by atoms with Crippen LogP contribution in [0.5, 0.6) is 0 Å². The van der Waals surface area contributed by atoms with Crippen molar-refractivity contribution < 1.29 is 0 Å². The molecule has 4 nitrogen and oxygen atoms in total. The molecule has 1 aromatic rings. The zero-order valence-corrected chi connectivity index (χ0v) is 3.98. The first-order valence-corrected chi connectivity index (χ1v) is 2.01. The van der Waals surface area contributed by atoms with E-state index in [-0.39, 0.29) is 5.56 Å². The summed E-state index contributed by atoms with van der Waals surface area (Å²) in [5.41, 5.74) is -0.373. The highest BCUT2D eigenvalue weighted by Crippen LogP contribution is 1.53. The molecule has 0 unspecified atom stereocenters. The third kappa shape index (κ3) is 1.07. The van der Waals surface area contributed by atoms with Crippen LogP contribution >= 0.6 is 0 Å². The van der Waals surface area contributed by atoms with Gasteiger partial charge in [-0.05, 0) is 0 Å². The van der Waals surface area contributed by atoms with E-state index < -0.39 is 0 Å². The van der Waals surface area contributed by atoms with Gasteiger partial charge in [0, 0.05) is 0 Å². The number of hydrogen-bond acceptors (Lipinski definition) is 4. The minimum Gasteiger partial charge on any atom is -0.266 e. The minimum atomic E-state index is -0.373. The van der Waals surface area contributed by atoms with Crippen LogP contribution in [0.15, 0.2) is 23.6 Å². The fourth-order valence-corrected chi connectivity index (χ4v) is 0.289. The molecule has 0 bridgehead atoms. The Kier molecular flexibility index (Phi) is 1.27. The van der Waals surface area contributed by atoms with Crippen molar-refractivity contribution in [1.82, 2.24) is 15.0 Å². The Morgan fingerprint density at radius 1 is 1.25 bits per heavy atom. The lowest BCUT2D eigenvalue weighted by atomic mass is 10.9. The molecule has 0 aromatic carbocycles. The third-order valence-corrected chi connectivity index (χ3v) is 0.570. The van der Waals surface area contributed by atoms with E-state index in [1.807, 2.05) is 0 Å². The largest absolute Gasteiger partial charge is 0.289 e. The van der Waals surface area contributed by atoms with E-state index in [1.54, 1.807) is 0 Å². The summed E-state index contributed by atoms with van der Waals surface area (Å²) < 4.78 is 0. The van der Waals surface area contributed by atoms with E-state index in [0.717, 1.165) is 12.5 Å². The fourth-order valence-electron chi connectivity index (χ4n) is 0.289. The fraction of sp³-hybridized carbons (Fsp3) is 0. The van der Waals surface area contributed by atoms with Crippen LogP contribution < -0.4 is 5.56 Å². The maximum absolute atomic E-state index is 10.3. The van der Waals surface area contributed by atoms with Crippen LogP contribution in [-0.4, -0.2) is 15.0 Å². The van der Waals surface area contributed by atoms with Crippen molar-refractivity contribution >= 4 is 0 Å². The SMILES string of the molecule is O=c1cncncn1. The zero-order chi connectivity index (χ0) is 5.82. The van der Waals surface area contributed by atoms with Gasteiger partial charge in [0.1, 0.15) is 12.7 Å². The van der Waals surface area contributed by atoms with Crippen LogP contribution in [0.25, 0.3) is 0 Å². The van der Waals surface area contributed by atoms with E-state index in [9.17, 15) is 4.79 Å². The minimum absolute atomic E-state index is 0.373. The van der Waals surface area contributed by atoms with Gasteiger partial charge in [-0.1, -0.05) is 0 Å². The summed E-state index contributed by atoms with van der Waals surface area (Å²) in [5, 5.41) is 0. The Balaban J connectivity index is 3.32. The average Bonchev–Trinajstić information content (AvgIpc) is 1.94. The molecule has 1 rings (SSSR count). The molecule has 0 aliphatic rings. The molecule has 4 heteroatoms. The van der Waals surface area contributed by atoms with Crippen molar-refractivity contribution in [2.24, 2.45) is 0 Å². The normalized spacial score (nSPS) is 8.50. The first-order chi connectivity index (χ1) is 3.89. The number of hydrogen-bond donors (Lipinski definition) is 0. The lowest BCUT2D eigenvalue weighted by Gasteiger charge is -1.55. The highest BCUT2D eigenvalue weighted by Gasteiger charge is 1.72. The van der Waals surface area contributed by atoms with Crippen LogP contribution in [-0.2, 0) is 0 Å². The van der Waals surface area contributed by atoms with Gasteiger partial charge in [0.05, 0.1) is 6.20 Å². The van der Waals surface area contributed by atoms with E-state index in [2.05, 4.69) is 15.0 Å². The van der Waals surface area contributed by atoms with Gasteiger partial charge in [-0.2, -0.15) is 4.98 Å². The van der Waals surface area contributed by atoms with Crippen LogP contribution in [0.1, 0.15) is 0 Å². The van der Waals surface area contributed by atoms with Crippen molar-refractivity contribution in [1.29, 1.82) is 0 Å². The van der Waals surface area contributed by atoms with Gasteiger partial charge in [-0.3, -0.25) is 4.79 Å². The lowest BCUT2D eigenvalue weighted by Crippen LogP contribution is -1.97. The standard InChI is InChI=1S/C4H3N3O/c8-4-1-5-2-6-3-7-4/h1-3H. The molecule has 0 atom stereocenters. The molecule has 0 spiro atoms. The van der Waals surface area contributed by atoms with Crippen LogP contribution in [0.3, 0.4) is 0 Å². The summed E-state index contributed by atoms with van der Waals surface area (Å²) in [5.74, 6) is 0. The van der Waals surface area contributed by atoms with Gasteiger partial charge >= 0.3 is 0 Å². The molecule has 0 saturated carbocycles. The number of aromatic nitrogens is 3. The molecule has 0 aliphatic carbocycles. The maximum atomic E-state index is 10.3. The molecule has 0 aliphatic heterocycles. The third-order valence-electron chi connectivity index (χ3n) is 0.570. The number of nitrogens with zero attached hydrogens (tertiary/aromatic N) is 3. The van der Waals surface area contributed by atoms with Gasteiger partial charge < -0.3 is 0 Å². The molecular formula is C4H3N3O. The van der Waals surface area contributed by atoms with Gasteiger partial charge in [0.25, 0.3) is 5.56 Å². The van der Waals surface area contributed by atoms with Gasteiger partial charge in [0.2, 0.25) is 0 Å². The van der Waals surface area contributed by atoms with Crippen LogP contribution in [0.4, 0.5) is 0 Å². The molecule has 0 radical (unpaired) electrons. The van der Waals surface area contributed by atoms with Gasteiger partial charge in [-0.25, -0.2) is 9.97 Å². The van der Waals surface area contributed by atoms with E-state index in [4.69, 9.17) is 0 Å². The van der Waals surface area contributed by atoms with Crippen LogP contribution in [0.2, 0.25) is 0 Å². The predicted molar refractivity (Wildman–Crippen MR) is 26.1 cm³/mol. The molecule has 0 amide bonds. The van der Waals surface area contributed by atoms with Gasteiger partial charge in [0.15, 0.2) is 0 Å². The van der Waals surface area contributed by atoms with Crippen molar-refractivity contribution in [3.05, 3.63) is 29.2 Å². The molecule has 8 heavy (non-hydrogen) atoms. The second-order valence-electron chi connectivity index (χ2n) is 1.13. The molecule has 1 heterocycles. The summed E-state index contributed by atoms with van der Waals surface area (Å²) >= 11 is 0. The molecule has 1 aromatic heterocycles. The summed E-state index contributed by atoms with van der Waals surface area (Å²) in [6.45, 7) is 0. The van der Waals surface area contributed by atoms with E-state index in [0.29, 0.717) is 0 Å². The van der Waals surface area contributed by atoms with E-state index in [1.165, 1.54) is 6.33 Å². The molecule has 0 fully saturated rings. The maximum Gasteiger partial charge on any atom is 0.289 e. The molecular weight excluding hydrogens is 106 g/mol. The zero-order valence-electron chi connectivity index (χ0n) is 3.98. The first kappa shape index (κ1) is 4.83. The molecule has 0 N–H and O–H groups in total. The van der Waals surface area contributed by atoms with Crippen LogP contribution in [0, 0.1) is 0 Å². The summed E-state index contributed by atoms with van der Waals surface area (Å²) in [6.07, 6.45) is 3.52. The monoisotopic (exact) mass is 109 g/mol. The lowest BCUT2D eigenvalue weighted by molar-refractivity contribution is 1.18. The van der Waals surface area contributed by atoms with Crippen molar-refractivity contribution in [2.45, 2.75) is 0 Å². The van der Waals surface area contributed by atoms with E-state index >= 15 is 0 Å². The molecule has 0 saturated heterocycles. The second kappa shape index (κ2) is 2.11. The summed E-state index contributed by atoms with van der Waals surface area (Å²) in [6, 6.07) is 0. The Bertz CT molecular complexity index is 202. The Morgan fingerprint density at radius 2 is 2.12 bits per heavy atom. The Morgan fingerprint density at radius 3 is 3.00 bits per heavy atom. The summed E-state index contributed by atoms with van der Waals surface area (Å²) in [4.78, 5) is 20.5. The van der Waals surface area contributed by atoms with Crippen molar-refractivity contribution in [3.8, 4) is 0 Å². The van der Waals surface area contributed by atoms with Crippen molar-refractivity contribution in [2.75, 3.05) is 0 Å². The second-order valence-corrected chi connectivity index (χ2v) is 1.13. The Hall–Kier alpha value is -1.32. The highest BCUT2D eigenvalue weighted by atomic mass is 16.1. The smallest absolute Gasteiger partial charge is 0.266 e. The summed E-state index contributed by atoms with van der Waals surface area (Å²) in [7, 11) is 0. The molecule has 40 valence electrons. The van der Waals surface area contributed by atoms with Gasteiger partial charge in [-0.15, -0.1) is 0 Å². The highest BCUT2D eigenvalue weighted by molar-refractivity contribution is 4.66. The topological polar surface area (TPSA) is 55.7 Å². The average molecular weight is 109 g/mol. The first-order valence-electron chi connectivity index (χ1n) is 2.01. The quantitative estimate of drug-likeness (QED) is 0.439. The Labute approximate surface area is 45.3 Å².